The lowest BCUT2D eigenvalue weighted by Crippen LogP contribution is -2.44. The van der Waals surface area contributed by atoms with Gasteiger partial charge in [0.2, 0.25) is 0 Å². The summed E-state index contributed by atoms with van der Waals surface area (Å²) in [7, 11) is 2.20. The Morgan fingerprint density at radius 2 is 1.67 bits per heavy atom. The topological polar surface area (TPSA) is 116 Å². The first kappa shape index (κ1) is 32.0. The molecule has 1 unspecified atom stereocenters. The molecule has 9 nitrogen and oxygen atoms in total. The van der Waals surface area contributed by atoms with Crippen molar-refractivity contribution in [3.63, 3.8) is 0 Å². The minimum atomic E-state index is -5.08. The molecule has 0 amide bonds. The first-order valence-electron chi connectivity index (χ1n) is 11.7. The van der Waals surface area contributed by atoms with Crippen LogP contribution in [0.5, 0.6) is 0 Å². The van der Waals surface area contributed by atoms with E-state index in [-0.39, 0.29) is 5.60 Å². The number of piperidine rings is 1. The third-order valence-electron chi connectivity index (χ3n) is 6.18. The van der Waals surface area contributed by atoms with Gasteiger partial charge in [0.15, 0.2) is 0 Å². The summed E-state index contributed by atoms with van der Waals surface area (Å²) < 4.78 is 75.3. The molecular formula is C24H29F6N3O6. The number of hydrogen-bond acceptors (Lipinski definition) is 7. The maximum absolute atomic E-state index is 10.6. The van der Waals surface area contributed by atoms with E-state index < -0.39 is 24.3 Å². The predicted molar refractivity (Wildman–Crippen MR) is 123 cm³/mol. The number of furan rings is 1. The molecule has 2 saturated heterocycles. The van der Waals surface area contributed by atoms with Gasteiger partial charge < -0.3 is 19.4 Å². The van der Waals surface area contributed by atoms with Crippen molar-refractivity contribution in [2.75, 3.05) is 26.7 Å². The van der Waals surface area contributed by atoms with E-state index in [1.165, 1.54) is 5.56 Å². The molecule has 2 aromatic heterocycles. The van der Waals surface area contributed by atoms with Gasteiger partial charge in [0.1, 0.15) is 5.76 Å². The molecule has 2 aromatic rings. The summed E-state index contributed by atoms with van der Waals surface area (Å²) in [5.41, 5.74) is 1.34. The van der Waals surface area contributed by atoms with Gasteiger partial charge in [0, 0.05) is 38.1 Å². The van der Waals surface area contributed by atoms with E-state index in [1.807, 2.05) is 24.5 Å². The zero-order valence-electron chi connectivity index (χ0n) is 20.9. The highest BCUT2D eigenvalue weighted by atomic mass is 19.4. The lowest BCUT2D eigenvalue weighted by Gasteiger charge is -2.38. The van der Waals surface area contributed by atoms with Crippen molar-refractivity contribution in [3.8, 4) is 0 Å². The molecule has 4 rings (SSSR count). The molecule has 1 atom stereocenters. The van der Waals surface area contributed by atoms with Crippen LogP contribution in [0.3, 0.4) is 0 Å². The van der Waals surface area contributed by atoms with Crippen LogP contribution >= 0.6 is 0 Å². The summed E-state index contributed by atoms with van der Waals surface area (Å²) in [5, 5.41) is 14.2. The largest absolute Gasteiger partial charge is 0.490 e. The molecule has 2 N–H and O–H groups in total. The number of nitrogens with zero attached hydrogens (tertiary/aromatic N) is 3. The van der Waals surface area contributed by atoms with E-state index in [9.17, 15) is 26.3 Å². The third kappa shape index (κ3) is 10.8. The Kier molecular flexibility index (Phi) is 11.3. The number of carbonyl (C=O) groups is 2. The van der Waals surface area contributed by atoms with Crippen molar-refractivity contribution in [2.45, 2.75) is 56.3 Å². The normalized spacial score (nSPS) is 19.1. The molecule has 15 heteroatoms. The van der Waals surface area contributed by atoms with Crippen LogP contribution in [0.2, 0.25) is 0 Å². The average Bonchev–Trinajstić information content (AvgIpc) is 3.51. The third-order valence-corrected chi connectivity index (χ3v) is 6.18. The maximum atomic E-state index is 10.6. The van der Waals surface area contributed by atoms with E-state index in [4.69, 9.17) is 29.0 Å². The van der Waals surface area contributed by atoms with Gasteiger partial charge in [-0.25, -0.2) is 9.59 Å². The molecule has 218 valence electrons. The van der Waals surface area contributed by atoms with E-state index in [1.54, 1.807) is 6.26 Å². The van der Waals surface area contributed by atoms with Gasteiger partial charge in [-0.1, -0.05) is 6.07 Å². The van der Waals surface area contributed by atoms with Crippen LogP contribution in [0.15, 0.2) is 47.3 Å². The molecule has 0 radical (unpaired) electrons. The monoisotopic (exact) mass is 569 g/mol. The molecular weight excluding hydrogens is 540 g/mol. The van der Waals surface area contributed by atoms with Gasteiger partial charge in [-0.3, -0.25) is 14.8 Å². The second-order valence-electron chi connectivity index (χ2n) is 9.09. The molecule has 0 aliphatic carbocycles. The van der Waals surface area contributed by atoms with Crippen LogP contribution in [0.1, 0.15) is 30.6 Å². The summed E-state index contributed by atoms with van der Waals surface area (Å²) in [4.78, 5) is 26.9. The summed E-state index contributed by atoms with van der Waals surface area (Å²) >= 11 is 0. The number of halogens is 6. The van der Waals surface area contributed by atoms with Crippen molar-refractivity contribution >= 4 is 11.9 Å². The van der Waals surface area contributed by atoms with Crippen molar-refractivity contribution in [2.24, 2.45) is 0 Å². The Hall–Kier alpha value is -3.17. The molecule has 2 fully saturated rings. The molecule has 0 aromatic carbocycles. The van der Waals surface area contributed by atoms with Crippen LogP contribution < -0.4 is 0 Å². The fourth-order valence-corrected chi connectivity index (χ4v) is 4.10. The zero-order valence-corrected chi connectivity index (χ0v) is 20.9. The molecule has 0 saturated carbocycles. The maximum Gasteiger partial charge on any atom is 0.490 e. The highest BCUT2D eigenvalue weighted by Crippen LogP contribution is 2.38. The summed E-state index contributed by atoms with van der Waals surface area (Å²) in [5.74, 6) is -4.46. The van der Waals surface area contributed by atoms with Crippen molar-refractivity contribution in [1.82, 2.24) is 14.8 Å². The molecule has 2 aliphatic rings. The number of likely N-dealkylation sites (tertiary alicyclic amines) is 1. The number of alkyl halides is 6. The molecule has 2 aliphatic heterocycles. The minimum Gasteiger partial charge on any atom is -0.475 e. The number of pyridine rings is 1. The predicted octanol–water partition coefficient (Wildman–Crippen LogP) is 4.20. The summed E-state index contributed by atoms with van der Waals surface area (Å²) in [6, 6.07) is 8.66. The molecule has 39 heavy (non-hydrogen) atoms. The lowest BCUT2D eigenvalue weighted by atomic mass is 9.87. The van der Waals surface area contributed by atoms with Crippen LogP contribution in [-0.2, 0) is 27.4 Å². The summed E-state index contributed by atoms with van der Waals surface area (Å²) in [6.07, 6.45) is -1.26. The number of likely N-dealkylation sites (N-methyl/N-ethyl adjacent to an activating group) is 1. The Morgan fingerprint density at radius 1 is 1.08 bits per heavy atom. The molecule has 4 heterocycles. The number of aromatic nitrogens is 1. The van der Waals surface area contributed by atoms with Gasteiger partial charge >= 0.3 is 24.3 Å². The average molecular weight is 569 g/mol. The summed E-state index contributed by atoms with van der Waals surface area (Å²) in [6.45, 7) is 4.85. The second-order valence-corrected chi connectivity index (χ2v) is 9.09. The number of carboxylic acids is 2. The van der Waals surface area contributed by atoms with E-state index in [0.29, 0.717) is 6.04 Å². The zero-order chi connectivity index (χ0) is 29.3. The lowest BCUT2D eigenvalue weighted by molar-refractivity contribution is -0.193. The van der Waals surface area contributed by atoms with Gasteiger partial charge in [-0.2, -0.15) is 26.3 Å². The second kappa shape index (κ2) is 13.8. The van der Waals surface area contributed by atoms with Gasteiger partial charge in [-0.05, 0) is 50.1 Å². The fraction of sp³-hybridized carbons (Fsp3) is 0.542. The van der Waals surface area contributed by atoms with Crippen molar-refractivity contribution in [3.05, 3.63) is 54.2 Å². The fourth-order valence-electron chi connectivity index (χ4n) is 4.10. The first-order chi connectivity index (χ1) is 18.1. The van der Waals surface area contributed by atoms with Crippen LogP contribution in [0.4, 0.5) is 26.3 Å². The highest BCUT2D eigenvalue weighted by molar-refractivity contribution is 5.73. The Bertz CT molecular complexity index is 1000. The highest BCUT2D eigenvalue weighted by Gasteiger charge is 2.44. The quantitative estimate of drug-likeness (QED) is 0.511. The van der Waals surface area contributed by atoms with Gasteiger partial charge in [-0.15, -0.1) is 0 Å². The smallest absolute Gasteiger partial charge is 0.475 e. The van der Waals surface area contributed by atoms with Gasteiger partial charge in [0.05, 0.1) is 25.0 Å². The van der Waals surface area contributed by atoms with Crippen molar-refractivity contribution < 1.29 is 55.3 Å². The van der Waals surface area contributed by atoms with E-state index in [2.05, 4.69) is 34.0 Å². The minimum absolute atomic E-state index is 0.0769. The standard InChI is InChI=1S/C20H27N3O2.2C2HF3O2/c1-22(14-17-4-2-8-21-13-17)18-12-20(25-16-18)6-9-23(10-7-20)15-19-5-3-11-24-19;2*3-2(4,5)1(6)7/h2-5,8,11,13,18H,6-7,9-10,12,14-16H2,1H3;2*(H,6,7). The number of hydrogen-bond donors (Lipinski definition) is 2. The van der Waals surface area contributed by atoms with Crippen LogP contribution in [-0.4, -0.2) is 87.7 Å². The van der Waals surface area contributed by atoms with E-state index in [0.717, 1.165) is 57.8 Å². The van der Waals surface area contributed by atoms with E-state index >= 15 is 0 Å². The number of ether oxygens (including phenoxy) is 1. The molecule has 1 spiro atoms. The number of carboxylic acid groups (broad SMARTS) is 2. The number of rotatable bonds is 5. The molecule has 0 bridgehead atoms. The van der Waals surface area contributed by atoms with Gasteiger partial charge in [0.25, 0.3) is 0 Å². The Labute approximate surface area is 220 Å². The van der Waals surface area contributed by atoms with Crippen LogP contribution in [0.25, 0.3) is 0 Å². The first-order valence-corrected chi connectivity index (χ1v) is 11.7. The van der Waals surface area contributed by atoms with Crippen LogP contribution in [0, 0.1) is 0 Å². The Morgan fingerprint density at radius 3 is 2.13 bits per heavy atom. The Balaban J connectivity index is 0.000000317. The number of aliphatic carboxylic acids is 2. The van der Waals surface area contributed by atoms with Crippen molar-refractivity contribution in [1.29, 1.82) is 0 Å². The SMILES string of the molecule is CN(Cc1cccnc1)C1COC2(CCN(Cc3ccco3)CC2)C1.O=C(O)C(F)(F)F.O=C(O)C(F)(F)F.